The summed E-state index contributed by atoms with van der Waals surface area (Å²) in [6.45, 7) is 1.56. The van der Waals surface area contributed by atoms with E-state index in [0.717, 1.165) is 12.1 Å². The number of halogens is 3. The maximum absolute atomic E-state index is 11.9. The first-order valence-electron chi connectivity index (χ1n) is 4.59. The van der Waals surface area contributed by atoms with Crippen molar-refractivity contribution in [3.8, 4) is 5.75 Å². The summed E-state index contributed by atoms with van der Waals surface area (Å²) < 4.78 is 39.5. The average Bonchev–Trinajstić information content (AvgIpc) is 2.14. The average molecular weight is 235 g/mol. The van der Waals surface area contributed by atoms with Crippen molar-refractivity contribution in [1.29, 1.82) is 0 Å². The third-order valence-corrected chi connectivity index (χ3v) is 1.93. The number of hydrogen-bond donors (Lipinski definition) is 2. The second-order valence-electron chi connectivity index (χ2n) is 3.42. The van der Waals surface area contributed by atoms with E-state index >= 15 is 0 Å². The summed E-state index contributed by atoms with van der Waals surface area (Å²) in [5, 5.41) is 9.56. The molecule has 0 saturated carbocycles. The van der Waals surface area contributed by atoms with Crippen LogP contribution in [0.15, 0.2) is 24.3 Å². The van der Waals surface area contributed by atoms with Gasteiger partial charge in [-0.3, -0.25) is 0 Å². The Hall–Kier alpha value is -1.27. The fraction of sp³-hybridized carbons (Fsp3) is 0.400. The molecule has 1 rings (SSSR count). The van der Waals surface area contributed by atoms with Gasteiger partial charge in [0.25, 0.3) is 0 Å². The molecular weight excluding hydrogens is 223 g/mol. The monoisotopic (exact) mass is 235 g/mol. The fourth-order valence-corrected chi connectivity index (χ4v) is 1.20. The molecule has 90 valence electrons. The molecule has 3 nitrogen and oxygen atoms in total. The first-order valence-corrected chi connectivity index (χ1v) is 4.59. The number of aliphatic hydroxyl groups excluding tert-OH is 1. The Morgan fingerprint density at radius 2 is 2.00 bits per heavy atom. The Balaban J connectivity index is 2.87. The number of alkyl halides is 3. The molecule has 0 fully saturated rings. The lowest BCUT2D eigenvalue weighted by Gasteiger charge is -2.16. The molecule has 0 saturated heterocycles. The van der Waals surface area contributed by atoms with Crippen LogP contribution in [-0.4, -0.2) is 17.5 Å². The molecule has 0 aliphatic rings. The Morgan fingerprint density at radius 1 is 1.38 bits per heavy atom. The molecule has 0 radical (unpaired) electrons. The Bertz CT molecular complexity index is 352. The van der Waals surface area contributed by atoms with Gasteiger partial charge in [-0.05, 0) is 24.6 Å². The van der Waals surface area contributed by atoms with E-state index in [0.29, 0.717) is 0 Å². The van der Waals surface area contributed by atoms with Crippen molar-refractivity contribution in [3.05, 3.63) is 29.8 Å². The van der Waals surface area contributed by atoms with Crippen LogP contribution in [0.3, 0.4) is 0 Å². The van der Waals surface area contributed by atoms with E-state index in [1.54, 1.807) is 6.92 Å². The van der Waals surface area contributed by atoms with Gasteiger partial charge < -0.3 is 15.6 Å². The van der Waals surface area contributed by atoms with Crippen molar-refractivity contribution in [2.75, 3.05) is 0 Å². The minimum atomic E-state index is -4.74. The van der Waals surface area contributed by atoms with Gasteiger partial charge in [-0.15, -0.1) is 13.2 Å². The fourth-order valence-electron chi connectivity index (χ4n) is 1.20. The van der Waals surface area contributed by atoms with E-state index < -0.39 is 18.5 Å². The molecule has 0 bridgehead atoms. The molecule has 0 spiro atoms. The van der Waals surface area contributed by atoms with Gasteiger partial charge in [-0.1, -0.05) is 12.1 Å². The number of aliphatic hydroxyl groups is 1. The first kappa shape index (κ1) is 12.8. The molecule has 0 aliphatic carbocycles. The zero-order valence-corrected chi connectivity index (χ0v) is 8.53. The number of ether oxygens (including phenoxy) is 1. The van der Waals surface area contributed by atoms with Crippen molar-refractivity contribution >= 4 is 0 Å². The van der Waals surface area contributed by atoms with Gasteiger partial charge in [0.15, 0.2) is 0 Å². The molecule has 0 amide bonds. The van der Waals surface area contributed by atoms with Crippen LogP contribution in [0.2, 0.25) is 0 Å². The predicted molar refractivity (Wildman–Crippen MR) is 51.7 cm³/mol. The van der Waals surface area contributed by atoms with E-state index in [1.807, 2.05) is 0 Å². The lowest BCUT2D eigenvalue weighted by Crippen LogP contribution is -2.24. The van der Waals surface area contributed by atoms with Crippen LogP contribution >= 0.6 is 0 Å². The molecule has 0 aliphatic heterocycles. The van der Waals surface area contributed by atoms with Crippen molar-refractivity contribution in [2.45, 2.75) is 25.4 Å². The molecule has 16 heavy (non-hydrogen) atoms. The highest BCUT2D eigenvalue weighted by Gasteiger charge is 2.31. The summed E-state index contributed by atoms with van der Waals surface area (Å²) in [4.78, 5) is 0. The van der Waals surface area contributed by atoms with E-state index in [-0.39, 0.29) is 11.3 Å². The van der Waals surface area contributed by atoms with Gasteiger partial charge in [0.05, 0.1) is 6.10 Å². The van der Waals surface area contributed by atoms with Crippen LogP contribution < -0.4 is 10.5 Å². The molecule has 1 aromatic rings. The topological polar surface area (TPSA) is 55.5 Å². The second kappa shape index (κ2) is 4.71. The van der Waals surface area contributed by atoms with Crippen LogP contribution in [0.4, 0.5) is 13.2 Å². The van der Waals surface area contributed by atoms with E-state index in [9.17, 15) is 18.3 Å². The number of nitrogens with two attached hydrogens (primary N) is 1. The van der Waals surface area contributed by atoms with Crippen molar-refractivity contribution < 1.29 is 23.0 Å². The van der Waals surface area contributed by atoms with Gasteiger partial charge in [0, 0.05) is 6.04 Å². The lowest BCUT2D eigenvalue weighted by molar-refractivity contribution is -0.274. The standard InChI is InChI=1S/C10H12F3NO2/c1-6(14)9(15)7-3-2-4-8(5-7)16-10(11,12)13/h2-6,9,15H,14H2,1H3/t6-,9-/m1/s1. The van der Waals surface area contributed by atoms with Crippen LogP contribution in [0.1, 0.15) is 18.6 Å². The van der Waals surface area contributed by atoms with Gasteiger partial charge >= 0.3 is 6.36 Å². The largest absolute Gasteiger partial charge is 0.573 e. The minimum absolute atomic E-state index is 0.289. The highest BCUT2D eigenvalue weighted by atomic mass is 19.4. The first-order chi connectivity index (χ1) is 7.29. The van der Waals surface area contributed by atoms with Crippen molar-refractivity contribution in [3.63, 3.8) is 0 Å². The van der Waals surface area contributed by atoms with Crippen LogP contribution in [0.5, 0.6) is 5.75 Å². The molecule has 0 heterocycles. The highest BCUT2D eigenvalue weighted by molar-refractivity contribution is 5.30. The van der Waals surface area contributed by atoms with E-state index in [4.69, 9.17) is 5.73 Å². The predicted octanol–water partition coefficient (Wildman–Crippen LogP) is 1.97. The molecule has 0 unspecified atom stereocenters. The highest BCUT2D eigenvalue weighted by Crippen LogP contribution is 2.26. The summed E-state index contributed by atoms with van der Waals surface area (Å²) in [6, 6.07) is 4.55. The summed E-state index contributed by atoms with van der Waals surface area (Å²) in [5.41, 5.74) is 5.72. The van der Waals surface area contributed by atoms with Crippen LogP contribution in [-0.2, 0) is 0 Å². The van der Waals surface area contributed by atoms with Crippen LogP contribution in [0.25, 0.3) is 0 Å². The molecule has 3 N–H and O–H groups in total. The third-order valence-electron chi connectivity index (χ3n) is 1.93. The van der Waals surface area contributed by atoms with Gasteiger partial charge in [0.2, 0.25) is 0 Å². The number of benzene rings is 1. The van der Waals surface area contributed by atoms with E-state index in [2.05, 4.69) is 4.74 Å². The lowest BCUT2D eigenvalue weighted by atomic mass is 10.0. The Labute approximate surface area is 90.6 Å². The molecule has 1 aromatic carbocycles. The quantitative estimate of drug-likeness (QED) is 0.842. The van der Waals surface area contributed by atoms with E-state index in [1.165, 1.54) is 12.1 Å². The SMILES string of the molecule is C[C@@H](N)[C@@H](O)c1cccc(OC(F)(F)F)c1. The third kappa shape index (κ3) is 3.71. The zero-order valence-electron chi connectivity index (χ0n) is 8.53. The smallest absolute Gasteiger partial charge is 0.406 e. The molecule has 6 heteroatoms. The minimum Gasteiger partial charge on any atom is -0.406 e. The molecular formula is C10H12F3NO2. The normalized spacial score (nSPS) is 15.6. The summed E-state index contributed by atoms with van der Waals surface area (Å²) >= 11 is 0. The van der Waals surface area contributed by atoms with Crippen molar-refractivity contribution in [2.24, 2.45) is 5.73 Å². The van der Waals surface area contributed by atoms with Gasteiger partial charge in [-0.2, -0.15) is 0 Å². The zero-order chi connectivity index (χ0) is 12.3. The number of hydrogen-bond acceptors (Lipinski definition) is 3. The second-order valence-corrected chi connectivity index (χ2v) is 3.42. The summed E-state index contributed by atoms with van der Waals surface area (Å²) in [5.74, 6) is -0.371. The number of rotatable bonds is 3. The van der Waals surface area contributed by atoms with Crippen molar-refractivity contribution in [1.82, 2.24) is 0 Å². The van der Waals surface area contributed by atoms with Gasteiger partial charge in [0.1, 0.15) is 5.75 Å². The summed E-state index contributed by atoms with van der Waals surface area (Å²) in [6.07, 6.45) is -5.76. The Morgan fingerprint density at radius 3 is 2.50 bits per heavy atom. The van der Waals surface area contributed by atoms with Crippen LogP contribution in [0, 0.1) is 0 Å². The maximum Gasteiger partial charge on any atom is 0.573 e. The molecule has 2 atom stereocenters. The molecule has 0 aromatic heterocycles. The summed E-state index contributed by atoms with van der Waals surface area (Å²) in [7, 11) is 0. The van der Waals surface area contributed by atoms with Gasteiger partial charge in [-0.25, -0.2) is 0 Å². The Kier molecular flexibility index (Phi) is 3.77. The maximum atomic E-state index is 11.9.